The molecule has 1 saturated heterocycles. The average Bonchev–Trinajstić information content (AvgIpc) is 3.20. The molecule has 6 heteroatoms. The van der Waals surface area contributed by atoms with Crippen LogP contribution in [0.15, 0.2) is 91.0 Å². The lowest BCUT2D eigenvalue weighted by molar-refractivity contribution is -0.128. The second-order valence-electron chi connectivity index (χ2n) is 6.87. The molecule has 0 aromatic heterocycles. The standard InChI is InChI=1S/C25H21NO5/c1-29-21-14-8-11-19(15-21)22(16-24(27)31-20-12-6-3-7-13-20)26-23(17-30-25(26)28)18-9-4-2-5-10-18/h2-16,23H,17H2,1H3/t23-/m0/s1. The van der Waals surface area contributed by atoms with E-state index in [1.54, 1.807) is 55.6 Å². The molecule has 1 fully saturated rings. The molecule has 1 heterocycles. The summed E-state index contributed by atoms with van der Waals surface area (Å²) in [6, 6.07) is 25.1. The lowest BCUT2D eigenvalue weighted by atomic mass is 10.0. The Morgan fingerprint density at radius 3 is 2.35 bits per heavy atom. The van der Waals surface area contributed by atoms with Crippen LogP contribution in [0.4, 0.5) is 4.79 Å². The molecule has 3 aromatic carbocycles. The first-order valence-electron chi connectivity index (χ1n) is 9.79. The number of hydrogen-bond acceptors (Lipinski definition) is 5. The molecule has 31 heavy (non-hydrogen) atoms. The van der Waals surface area contributed by atoms with Gasteiger partial charge in [-0.2, -0.15) is 0 Å². The fourth-order valence-electron chi connectivity index (χ4n) is 3.43. The zero-order valence-electron chi connectivity index (χ0n) is 16.9. The lowest BCUT2D eigenvalue weighted by Gasteiger charge is -2.25. The summed E-state index contributed by atoms with van der Waals surface area (Å²) in [4.78, 5) is 27.0. The Labute approximate surface area is 180 Å². The third kappa shape index (κ3) is 4.59. The maximum absolute atomic E-state index is 12.7. The van der Waals surface area contributed by atoms with E-state index in [1.807, 2.05) is 36.4 Å². The van der Waals surface area contributed by atoms with Gasteiger partial charge in [0.15, 0.2) is 0 Å². The maximum Gasteiger partial charge on any atom is 0.415 e. The number of benzene rings is 3. The molecule has 156 valence electrons. The summed E-state index contributed by atoms with van der Waals surface area (Å²) < 4.78 is 16.1. The van der Waals surface area contributed by atoms with E-state index in [-0.39, 0.29) is 12.6 Å². The molecule has 0 spiro atoms. The van der Waals surface area contributed by atoms with E-state index in [0.29, 0.717) is 22.8 Å². The summed E-state index contributed by atoms with van der Waals surface area (Å²) in [5.41, 5.74) is 1.90. The van der Waals surface area contributed by atoms with E-state index < -0.39 is 12.1 Å². The van der Waals surface area contributed by atoms with E-state index in [4.69, 9.17) is 14.2 Å². The predicted molar refractivity (Wildman–Crippen MR) is 115 cm³/mol. The van der Waals surface area contributed by atoms with E-state index in [9.17, 15) is 9.59 Å². The van der Waals surface area contributed by atoms with E-state index in [2.05, 4.69) is 0 Å². The first-order valence-corrected chi connectivity index (χ1v) is 9.79. The van der Waals surface area contributed by atoms with Gasteiger partial charge in [0.1, 0.15) is 18.1 Å². The quantitative estimate of drug-likeness (QED) is 0.328. The van der Waals surface area contributed by atoms with E-state index >= 15 is 0 Å². The molecule has 0 aliphatic carbocycles. The Kier molecular flexibility index (Phi) is 5.98. The Morgan fingerprint density at radius 2 is 1.65 bits per heavy atom. The van der Waals surface area contributed by atoms with Gasteiger partial charge in [-0.05, 0) is 29.8 Å². The summed E-state index contributed by atoms with van der Waals surface area (Å²) in [5, 5.41) is 0. The minimum Gasteiger partial charge on any atom is -0.497 e. The van der Waals surface area contributed by atoms with Gasteiger partial charge in [-0.3, -0.25) is 4.90 Å². The fraction of sp³-hybridized carbons (Fsp3) is 0.120. The number of ether oxygens (including phenoxy) is 3. The van der Waals surface area contributed by atoms with Crippen molar-refractivity contribution in [3.63, 3.8) is 0 Å². The molecule has 1 aliphatic heterocycles. The van der Waals surface area contributed by atoms with Gasteiger partial charge in [0.25, 0.3) is 0 Å². The minimum absolute atomic E-state index is 0.178. The Hall–Kier alpha value is -4.06. The number of carbonyl (C=O) groups excluding carboxylic acids is 2. The number of methoxy groups -OCH3 is 1. The molecule has 1 atom stereocenters. The summed E-state index contributed by atoms with van der Waals surface area (Å²) in [5.74, 6) is 0.413. The van der Waals surface area contributed by atoms with Crippen molar-refractivity contribution in [2.24, 2.45) is 0 Å². The summed E-state index contributed by atoms with van der Waals surface area (Å²) in [6.07, 6.45) is 0.778. The summed E-state index contributed by atoms with van der Waals surface area (Å²) >= 11 is 0. The van der Waals surface area contributed by atoms with E-state index in [0.717, 1.165) is 5.56 Å². The molecule has 3 aromatic rings. The first-order chi connectivity index (χ1) is 15.2. The van der Waals surface area contributed by atoms with Crippen molar-refractivity contribution < 1.29 is 23.8 Å². The van der Waals surface area contributed by atoms with Gasteiger partial charge in [-0.25, -0.2) is 9.59 Å². The molecule has 0 unspecified atom stereocenters. The predicted octanol–water partition coefficient (Wildman–Crippen LogP) is 4.84. The number of nitrogens with zero attached hydrogens (tertiary/aromatic N) is 1. The van der Waals surface area contributed by atoms with Crippen molar-refractivity contribution >= 4 is 17.8 Å². The highest BCUT2D eigenvalue weighted by Gasteiger charge is 2.37. The lowest BCUT2D eigenvalue weighted by Crippen LogP contribution is -2.27. The van der Waals surface area contributed by atoms with Crippen LogP contribution >= 0.6 is 0 Å². The highest BCUT2D eigenvalue weighted by atomic mass is 16.6. The van der Waals surface area contributed by atoms with Gasteiger partial charge in [-0.15, -0.1) is 0 Å². The van der Waals surface area contributed by atoms with Crippen LogP contribution in [-0.4, -0.2) is 30.7 Å². The topological polar surface area (TPSA) is 65.1 Å². The molecule has 0 N–H and O–H groups in total. The maximum atomic E-state index is 12.7. The smallest absolute Gasteiger partial charge is 0.415 e. The van der Waals surface area contributed by atoms with Crippen LogP contribution in [0.1, 0.15) is 17.2 Å². The third-order valence-corrected chi connectivity index (χ3v) is 4.90. The number of amides is 1. The van der Waals surface area contributed by atoms with Crippen molar-refractivity contribution in [1.29, 1.82) is 0 Å². The van der Waals surface area contributed by atoms with Gasteiger partial charge in [-0.1, -0.05) is 60.7 Å². The molecule has 0 bridgehead atoms. The third-order valence-electron chi connectivity index (χ3n) is 4.90. The molecular formula is C25H21NO5. The monoisotopic (exact) mass is 415 g/mol. The average molecular weight is 415 g/mol. The zero-order chi connectivity index (χ0) is 21.6. The molecule has 1 amide bonds. The molecule has 0 radical (unpaired) electrons. The van der Waals surface area contributed by atoms with Crippen molar-refractivity contribution in [3.8, 4) is 11.5 Å². The second kappa shape index (κ2) is 9.17. The molecule has 4 rings (SSSR count). The molecular weight excluding hydrogens is 394 g/mol. The second-order valence-corrected chi connectivity index (χ2v) is 6.87. The molecule has 0 saturated carbocycles. The summed E-state index contributed by atoms with van der Waals surface area (Å²) in [7, 11) is 1.56. The van der Waals surface area contributed by atoms with Crippen molar-refractivity contribution in [1.82, 2.24) is 4.90 Å². The van der Waals surface area contributed by atoms with Crippen LogP contribution in [0.25, 0.3) is 5.70 Å². The number of cyclic esters (lactones) is 1. The Morgan fingerprint density at radius 1 is 0.968 bits per heavy atom. The van der Waals surface area contributed by atoms with Crippen LogP contribution in [0, 0.1) is 0 Å². The summed E-state index contributed by atoms with van der Waals surface area (Å²) in [6.45, 7) is 0.178. The molecule has 6 nitrogen and oxygen atoms in total. The van der Waals surface area contributed by atoms with Crippen LogP contribution in [0.2, 0.25) is 0 Å². The highest BCUT2D eigenvalue weighted by Crippen LogP contribution is 2.36. The first kappa shape index (κ1) is 20.2. The largest absolute Gasteiger partial charge is 0.497 e. The SMILES string of the molecule is COc1cccc(C(=CC(=O)Oc2ccccc2)N2C(=O)OC[C@H]2c2ccccc2)c1. The minimum atomic E-state index is -0.601. The fourth-order valence-corrected chi connectivity index (χ4v) is 3.43. The number of carbonyl (C=O) groups is 2. The Bertz CT molecular complexity index is 1100. The number of esters is 1. The highest BCUT2D eigenvalue weighted by molar-refractivity contribution is 5.96. The van der Waals surface area contributed by atoms with Crippen molar-refractivity contribution in [2.45, 2.75) is 6.04 Å². The van der Waals surface area contributed by atoms with Crippen LogP contribution < -0.4 is 9.47 Å². The van der Waals surface area contributed by atoms with Gasteiger partial charge < -0.3 is 14.2 Å². The van der Waals surface area contributed by atoms with Gasteiger partial charge in [0.2, 0.25) is 0 Å². The van der Waals surface area contributed by atoms with Crippen LogP contribution in [-0.2, 0) is 9.53 Å². The molecule has 1 aliphatic rings. The van der Waals surface area contributed by atoms with Crippen LogP contribution in [0.5, 0.6) is 11.5 Å². The van der Waals surface area contributed by atoms with Crippen molar-refractivity contribution in [2.75, 3.05) is 13.7 Å². The van der Waals surface area contributed by atoms with E-state index in [1.165, 1.54) is 11.0 Å². The zero-order valence-corrected chi connectivity index (χ0v) is 16.9. The normalized spacial score (nSPS) is 16.0. The number of para-hydroxylation sites is 1. The van der Waals surface area contributed by atoms with Gasteiger partial charge >= 0.3 is 12.1 Å². The van der Waals surface area contributed by atoms with Crippen molar-refractivity contribution in [3.05, 3.63) is 102 Å². The van der Waals surface area contributed by atoms with Gasteiger partial charge in [0.05, 0.1) is 18.8 Å². The number of hydrogen-bond donors (Lipinski definition) is 0. The Balaban J connectivity index is 1.75. The van der Waals surface area contributed by atoms with Gasteiger partial charge in [0, 0.05) is 11.6 Å². The number of rotatable bonds is 6. The van der Waals surface area contributed by atoms with Crippen LogP contribution in [0.3, 0.4) is 0 Å².